The van der Waals surface area contributed by atoms with E-state index in [1.54, 1.807) is 12.1 Å². The fourth-order valence-electron chi connectivity index (χ4n) is 1.52. The van der Waals surface area contributed by atoms with E-state index in [0.29, 0.717) is 11.3 Å². The Labute approximate surface area is 117 Å². The molecule has 2 rings (SSSR count). The van der Waals surface area contributed by atoms with Crippen LogP contribution in [0.3, 0.4) is 0 Å². The number of benzene rings is 1. The topological polar surface area (TPSA) is 91.4 Å². The number of anilines is 1. The summed E-state index contributed by atoms with van der Waals surface area (Å²) >= 11 is 0. The van der Waals surface area contributed by atoms with Crippen LogP contribution >= 0.6 is 0 Å². The number of aliphatic hydroxyl groups excluding tert-OH is 2. The molecule has 0 aliphatic rings. The molecule has 1 unspecified atom stereocenters. The van der Waals surface area contributed by atoms with Crippen molar-refractivity contribution >= 4 is 5.69 Å². The first kappa shape index (κ1) is 15.3. The molecule has 0 saturated heterocycles. The molecule has 0 bridgehead atoms. The molecular weight excluding hydrogens is 291 g/mol. The Kier molecular flexibility index (Phi) is 4.43. The van der Waals surface area contributed by atoms with Gasteiger partial charge >= 0.3 is 12.1 Å². The van der Waals surface area contributed by atoms with Crippen LogP contribution < -0.4 is 5.32 Å². The van der Waals surface area contributed by atoms with Crippen LogP contribution in [0.1, 0.15) is 5.89 Å². The Balaban J connectivity index is 2.15. The Morgan fingerprint density at radius 2 is 2.05 bits per heavy atom. The van der Waals surface area contributed by atoms with Crippen LogP contribution in [-0.2, 0) is 6.18 Å². The molecule has 0 radical (unpaired) electrons. The Morgan fingerprint density at radius 3 is 2.67 bits per heavy atom. The highest BCUT2D eigenvalue weighted by Crippen LogP contribution is 2.30. The number of nitrogens with one attached hydrogen (secondary N) is 1. The first-order valence-electron chi connectivity index (χ1n) is 5.94. The van der Waals surface area contributed by atoms with E-state index in [2.05, 4.69) is 19.9 Å². The lowest BCUT2D eigenvalue weighted by atomic mass is 10.2. The van der Waals surface area contributed by atoms with Gasteiger partial charge in [0.25, 0.3) is 0 Å². The van der Waals surface area contributed by atoms with Crippen LogP contribution in [0.15, 0.2) is 28.7 Å². The number of rotatable bonds is 5. The van der Waals surface area contributed by atoms with E-state index in [1.807, 2.05) is 0 Å². The van der Waals surface area contributed by atoms with E-state index >= 15 is 0 Å². The number of alkyl halides is 3. The minimum absolute atomic E-state index is 0.0948. The van der Waals surface area contributed by atoms with Crippen LogP contribution in [0.4, 0.5) is 18.9 Å². The number of hydrogen-bond acceptors (Lipinski definition) is 6. The summed E-state index contributed by atoms with van der Waals surface area (Å²) in [4.78, 5) is 0. The number of aliphatic hydroxyl groups is 2. The normalized spacial score (nSPS) is 13.2. The van der Waals surface area contributed by atoms with Gasteiger partial charge in [0.05, 0.1) is 12.7 Å². The number of aromatic nitrogens is 2. The second kappa shape index (κ2) is 6.10. The molecule has 1 heterocycles. The van der Waals surface area contributed by atoms with Crippen LogP contribution in [0, 0.1) is 0 Å². The predicted molar refractivity (Wildman–Crippen MR) is 66.3 cm³/mol. The maximum Gasteiger partial charge on any atom is 0.470 e. The maximum atomic E-state index is 12.4. The van der Waals surface area contributed by atoms with Crippen LogP contribution in [0.5, 0.6) is 0 Å². The Morgan fingerprint density at radius 1 is 1.29 bits per heavy atom. The second-order valence-electron chi connectivity index (χ2n) is 4.21. The SMILES string of the molecule is OCC(O)CNc1cccc(-c2nnc(C(F)(F)F)o2)c1. The summed E-state index contributed by atoms with van der Waals surface area (Å²) in [5, 5.41) is 27.0. The molecule has 2 aromatic rings. The summed E-state index contributed by atoms with van der Waals surface area (Å²) in [6, 6.07) is 6.24. The summed E-state index contributed by atoms with van der Waals surface area (Å²) in [6.45, 7) is -0.303. The van der Waals surface area contributed by atoms with Gasteiger partial charge in [-0.15, -0.1) is 10.2 Å². The Hall–Kier alpha value is -2.13. The van der Waals surface area contributed by atoms with Gasteiger partial charge in [0, 0.05) is 17.8 Å². The van der Waals surface area contributed by atoms with E-state index in [0.717, 1.165) is 0 Å². The van der Waals surface area contributed by atoms with Gasteiger partial charge in [-0.3, -0.25) is 0 Å². The molecule has 0 aliphatic carbocycles. The zero-order chi connectivity index (χ0) is 15.5. The van der Waals surface area contributed by atoms with Gasteiger partial charge in [0.15, 0.2) is 0 Å². The zero-order valence-electron chi connectivity index (χ0n) is 10.6. The molecule has 0 aliphatic heterocycles. The molecule has 114 valence electrons. The highest BCUT2D eigenvalue weighted by molar-refractivity contribution is 5.61. The molecule has 0 saturated carbocycles. The van der Waals surface area contributed by atoms with E-state index in [1.165, 1.54) is 12.1 Å². The molecule has 21 heavy (non-hydrogen) atoms. The van der Waals surface area contributed by atoms with Crippen molar-refractivity contribution in [2.45, 2.75) is 12.3 Å². The minimum atomic E-state index is -4.69. The van der Waals surface area contributed by atoms with Crippen molar-refractivity contribution in [3.8, 4) is 11.5 Å². The molecule has 3 N–H and O–H groups in total. The first-order chi connectivity index (χ1) is 9.90. The number of halogens is 3. The predicted octanol–water partition coefficient (Wildman–Crippen LogP) is 1.52. The molecule has 0 amide bonds. The Bertz CT molecular complexity index is 601. The lowest BCUT2D eigenvalue weighted by molar-refractivity contribution is -0.156. The van der Waals surface area contributed by atoms with Crippen molar-refractivity contribution in [1.82, 2.24) is 10.2 Å². The summed E-state index contributed by atoms with van der Waals surface area (Å²) in [6.07, 6.45) is -5.62. The van der Waals surface area contributed by atoms with Crippen molar-refractivity contribution in [2.75, 3.05) is 18.5 Å². The second-order valence-corrected chi connectivity index (χ2v) is 4.21. The first-order valence-corrected chi connectivity index (χ1v) is 5.94. The molecule has 1 aromatic carbocycles. The number of hydrogen-bond donors (Lipinski definition) is 3. The van der Waals surface area contributed by atoms with Gasteiger partial charge in [0.2, 0.25) is 5.89 Å². The van der Waals surface area contributed by atoms with Crippen LogP contribution in [0.25, 0.3) is 11.5 Å². The van der Waals surface area contributed by atoms with Crippen molar-refractivity contribution in [3.05, 3.63) is 30.2 Å². The summed E-state index contributed by atoms with van der Waals surface area (Å²) in [5.41, 5.74) is 0.841. The van der Waals surface area contributed by atoms with Gasteiger partial charge in [0.1, 0.15) is 0 Å². The number of nitrogens with zero attached hydrogens (tertiary/aromatic N) is 2. The molecule has 0 fully saturated rings. The quantitative estimate of drug-likeness (QED) is 0.776. The van der Waals surface area contributed by atoms with E-state index in [9.17, 15) is 18.3 Å². The zero-order valence-corrected chi connectivity index (χ0v) is 10.6. The van der Waals surface area contributed by atoms with E-state index < -0.39 is 24.8 Å². The van der Waals surface area contributed by atoms with Gasteiger partial charge in [-0.2, -0.15) is 13.2 Å². The van der Waals surface area contributed by atoms with Gasteiger partial charge in [-0.25, -0.2) is 0 Å². The standard InChI is InChI=1S/C12H12F3N3O3/c13-12(14,15)11-18-17-10(21-11)7-2-1-3-8(4-7)16-5-9(20)6-19/h1-4,9,16,19-20H,5-6H2. The fourth-order valence-corrected chi connectivity index (χ4v) is 1.52. The summed E-state index contributed by atoms with van der Waals surface area (Å²) in [7, 11) is 0. The van der Waals surface area contributed by atoms with Gasteiger partial charge in [-0.1, -0.05) is 6.07 Å². The smallest absolute Gasteiger partial charge is 0.413 e. The highest BCUT2D eigenvalue weighted by atomic mass is 19.4. The molecule has 6 nitrogen and oxygen atoms in total. The van der Waals surface area contributed by atoms with E-state index in [-0.39, 0.29) is 12.4 Å². The molecule has 9 heteroatoms. The van der Waals surface area contributed by atoms with Crippen LogP contribution in [0.2, 0.25) is 0 Å². The van der Waals surface area contributed by atoms with Crippen molar-refractivity contribution in [3.63, 3.8) is 0 Å². The van der Waals surface area contributed by atoms with Crippen LogP contribution in [-0.4, -0.2) is 39.7 Å². The minimum Gasteiger partial charge on any atom is -0.413 e. The van der Waals surface area contributed by atoms with Gasteiger partial charge in [-0.05, 0) is 18.2 Å². The monoisotopic (exact) mass is 303 g/mol. The average molecular weight is 303 g/mol. The molecule has 1 aromatic heterocycles. The molecule has 0 spiro atoms. The van der Waals surface area contributed by atoms with Crippen molar-refractivity contribution in [2.24, 2.45) is 0 Å². The van der Waals surface area contributed by atoms with Gasteiger partial charge < -0.3 is 19.9 Å². The summed E-state index contributed by atoms with van der Waals surface area (Å²) < 4.78 is 41.7. The van der Waals surface area contributed by atoms with E-state index in [4.69, 9.17) is 5.11 Å². The molecule has 1 atom stereocenters. The van der Waals surface area contributed by atoms with Crippen molar-refractivity contribution in [1.29, 1.82) is 0 Å². The third-order valence-electron chi connectivity index (χ3n) is 2.53. The maximum absolute atomic E-state index is 12.4. The largest absolute Gasteiger partial charge is 0.470 e. The lowest BCUT2D eigenvalue weighted by Crippen LogP contribution is -2.22. The third-order valence-corrected chi connectivity index (χ3v) is 2.53. The molecular formula is C12H12F3N3O3. The third kappa shape index (κ3) is 3.92. The average Bonchev–Trinajstić information content (AvgIpc) is 2.95. The lowest BCUT2D eigenvalue weighted by Gasteiger charge is -2.10. The fraction of sp³-hybridized carbons (Fsp3) is 0.333. The van der Waals surface area contributed by atoms with Crippen molar-refractivity contribution < 1.29 is 27.8 Å². The summed E-state index contributed by atoms with van der Waals surface area (Å²) in [5.74, 6) is -1.67. The highest BCUT2D eigenvalue weighted by Gasteiger charge is 2.38.